The van der Waals surface area contributed by atoms with Crippen LogP contribution in [0.2, 0.25) is 0 Å². The molecule has 0 saturated carbocycles. The van der Waals surface area contributed by atoms with E-state index in [0.29, 0.717) is 12.2 Å². The van der Waals surface area contributed by atoms with Gasteiger partial charge in [0.05, 0.1) is 28.9 Å². The molecule has 3 rings (SSSR count). The Balaban J connectivity index is 1.80. The number of benzene rings is 1. The summed E-state index contributed by atoms with van der Waals surface area (Å²) in [5.41, 5.74) is 0.595. The maximum absolute atomic E-state index is 11.2. The summed E-state index contributed by atoms with van der Waals surface area (Å²) >= 11 is 0. The van der Waals surface area contributed by atoms with E-state index in [4.69, 9.17) is 9.68 Å². The van der Waals surface area contributed by atoms with Crippen LogP contribution >= 0.6 is 0 Å². The molecule has 1 aromatic carbocycles. The van der Waals surface area contributed by atoms with Crippen molar-refractivity contribution in [1.82, 2.24) is 4.90 Å². The Labute approximate surface area is 139 Å². The van der Waals surface area contributed by atoms with Crippen molar-refractivity contribution in [2.75, 3.05) is 25.0 Å². The SMILES string of the molecule is N#Cc1ccc(NCC(c2ccco2)N2CCCC2)c([N+](=O)[O-])c1. The van der Waals surface area contributed by atoms with E-state index in [1.165, 1.54) is 6.07 Å². The smallest absolute Gasteiger partial charge is 0.293 e. The molecule has 1 aromatic heterocycles. The Morgan fingerprint density at radius 2 is 2.17 bits per heavy atom. The lowest BCUT2D eigenvalue weighted by Crippen LogP contribution is -2.30. The lowest BCUT2D eigenvalue weighted by Gasteiger charge is -2.26. The highest BCUT2D eigenvalue weighted by Crippen LogP contribution is 2.29. The first-order valence-corrected chi connectivity index (χ1v) is 7.89. The van der Waals surface area contributed by atoms with Gasteiger partial charge in [-0.05, 0) is 50.2 Å². The van der Waals surface area contributed by atoms with E-state index >= 15 is 0 Å². The molecular weight excluding hydrogens is 308 g/mol. The Morgan fingerprint density at radius 1 is 1.38 bits per heavy atom. The predicted molar refractivity (Wildman–Crippen MR) is 88.6 cm³/mol. The van der Waals surface area contributed by atoms with Crippen LogP contribution in [0.15, 0.2) is 41.0 Å². The number of nitriles is 1. The molecule has 0 aliphatic carbocycles. The highest BCUT2D eigenvalue weighted by Gasteiger charge is 2.26. The molecule has 1 unspecified atom stereocenters. The Morgan fingerprint density at radius 3 is 2.79 bits per heavy atom. The standard InChI is InChI=1S/C17H18N4O3/c18-11-13-5-6-14(15(10-13)21(22)23)19-12-16(17-4-3-9-24-17)20-7-1-2-8-20/h3-6,9-10,16,19H,1-2,7-8,12H2. The number of nitrogens with one attached hydrogen (secondary N) is 1. The van der Waals surface area contributed by atoms with Gasteiger partial charge in [0.15, 0.2) is 0 Å². The third-order valence-corrected chi connectivity index (χ3v) is 4.26. The van der Waals surface area contributed by atoms with Crippen molar-refractivity contribution in [3.63, 3.8) is 0 Å². The zero-order chi connectivity index (χ0) is 16.9. The second-order valence-electron chi connectivity index (χ2n) is 5.76. The van der Waals surface area contributed by atoms with Crippen LogP contribution < -0.4 is 5.32 Å². The van der Waals surface area contributed by atoms with Crippen molar-refractivity contribution < 1.29 is 9.34 Å². The number of hydrogen-bond donors (Lipinski definition) is 1. The second kappa shape index (κ2) is 7.15. The van der Waals surface area contributed by atoms with Crippen LogP contribution in [-0.4, -0.2) is 29.5 Å². The summed E-state index contributed by atoms with van der Waals surface area (Å²) in [5.74, 6) is 0.848. The molecule has 1 N–H and O–H groups in total. The maximum atomic E-state index is 11.2. The fourth-order valence-corrected chi connectivity index (χ4v) is 3.05. The Bertz CT molecular complexity index is 746. The first kappa shape index (κ1) is 16.0. The molecule has 1 aliphatic heterocycles. The quantitative estimate of drug-likeness (QED) is 0.646. The average Bonchev–Trinajstić information content (AvgIpc) is 3.29. The molecule has 7 heteroatoms. The minimum Gasteiger partial charge on any atom is -0.468 e. The van der Waals surface area contributed by atoms with Crippen molar-refractivity contribution >= 4 is 11.4 Å². The van der Waals surface area contributed by atoms with Crippen LogP contribution in [0, 0.1) is 21.4 Å². The summed E-state index contributed by atoms with van der Waals surface area (Å²) in [5, 5.41) is 23.3. The molecule has 0 spiro atoms. The number of nitro groups is 1. The largest absolute Gasteiger partial charge is 0.468 e. The first-order chi connectivity index (χ1) is 11.7. The third-order valence-electron chi connectivity index (χ3n) is 4.26. The second-order valence-corrected chi connectivity index (χ2v) is 5.76. The molecule has 0 amide bonds. The van der Waals surface area contributed by atoms with Crippen molar-refractivity contribution in [1.29, 1.82) is 5.26 Å². The fourth-order valence-electron chi connectivity index (χ4n) is 3.05. The van der Waals surface area contributed by atoms with E-state index in [0.717, 1.165) is 31.7 Å². The van der Waals surface area contributed by atoms with Gasteiger partial charge in [-0.1, -0.05) is 0 Å². The normalized spacial score (nSPS) is 15.8. The molecule has 1 aliphatic rings. The van der Waals surface area contributed by atoms with E-state index in [9.17, 15) is 10.1 Å². The summed E-state index contributed by atoms with van der Waals surface area (Å²) in [6.07, 6.45) is 3.94. The maximum Gasteiger partial charge on any atom is 0.293 e. The molecule has 1 fully saturated rings. The molecular formula is C17H18N4O3. The lowest BCUT2D eigenvalue weighted by atomic mass is 10.1. The minimum atomic E-state index is -0.471. The van der Waals surface area contributed by atoms with Gasteiger partial charge in [0.2, 0.25) is 0 Å². The summed E-state index contributed by atoms with van der Waals surface area (Å²) in [4.78, 5) is 13.1. The van der Waals surface area contributed by atoms with Gasteiger partial charge >= 0.3 is 0 Å². The van der Waals surface area contributed by atoms with Gasteiger partial charge in [-0.3, -0.25) is 15.0 Å². The van der Waals surface area contributed by atoms with Crippen LogP contribution in [0.5, 0.6) is 0 Å². The Kier molecular flexibility index (Phi) is 4.77. The van der Waals surface area contributed by atoms with Gasteiger partial charge < -0.3 is 9.73 Å². The predicted octanol–water partition coefficient (Wildman–Crippen LogP) is 3.31. The number of rotatable bonds is 6. The van der Waals surface area contributed by atoms with Gasteiger partial charge in [0.25, 0.3) is 5.69 Å². The summed E-state index contributed by atoms with van der Waals surface area (Å²) in [6, 6.07) is 10.2. The number of anilines is 1. The van der Waals surface area contributed by atoms with Crippen LogP contribution in [0.4, 0.5) is 11.4 Å². The van der Waals surface area contributed by atoms with Crippen molar-refractivity contribution in [2.24, 2.45) is 0 Å². The van der Waals surface area contributed by atoms with E-state index in [1.807, 2.05) is 18.2 Å². The van der Waals surface area contributed by atoms with Gasteiger partial charge in [-0.2, -0.15) is 5.26 Å². The fraction of sp³-hybridized carbons (Fsp3) is 0.353. The molecule has 7 nitrogen and oxygen atoms in total. The summed E-state index contributed by atoms with van der Waals surface area (Å²) in [6.45, 7) is 2.48. The number of nitro benzene ring substituents is 1. The topological polar surface area (TPSA) is 95.3 Å². The molecule has 0 radical (unpaired) electrons. The summed E-state index contributed by atoms with van der Waals surface area (Å²) in [7, 11) is 0. The molecule has 1 atom stereocenters. The number of nitrogens with zero attached hydrogens (tertiary/aromatic N) is 3. The first-order valence-electron chi connectivity index (χ1n) is 7.89. The highest BCUT2D eigenvalue weighted by atomic mass is 16.6. The van der Waals surface area contributed by atoms with Crippen LogP contribution in [0.25, 0.3) is 0 Å². The van der Waals surface area contributed by atoms with Crippen LogP contribution in [-0.2, 0) is 0 Å². The zero-order valence-electron chi connectivity index (χ0n) is 13.1. The summed E-state index contributed by atoms with van der Waals surface area (Å²) < 4.78 is 5.55. The van der Waals surface area contributed by atoms with Crippen LogP contribution in [0.3, 0.4) is 0 Å². The molecule has 1 saturated heterocycles. The molecule has 2 heterocycles. The number of furan rings is 1. The zero-order valence-corrected chi connectivity index (χ0v) is 13.1. The van der Waals surface area contributed by atoms with Gasteiger partial charge in [0, 0.05) is 12.6 Å². The average molecular weight is 326 g/mol. The van der Waals surface area contributed by atoms with Crippen molar-refractivity contribution in [3.8, 4) is 6.07 Å². The van der Waals surface area contributed by atoms with Crippen molar-refractivity contribution in [2.45, 2.75) is 18.9 Å². The van der Waals surface area contributed by atoms with Crippen LogP contribution in [0.1, 0.15) is 30.2 Å². The lowest BCUT2D eigenvalue weighted by molar-refractivity contribution is -0.384. The molecule has 2 aromatic rings. The van der Waals surface area contributed by atoms with Crippen molar-refractivity contribution in [3.05, 3.63) is 58.0 Å². The van der Waals surface area contributed by atoms with E-state index in [1.54, 1.807) is 18.4 Å². The van der Waals surface area contributed by atoms with Gasteiger partial charge in [0.1, 0.15) is 11.4 Å². The molecule has 124 valence electrons. The van der Waals surface area contributed by atoms with Gasteiger partial charge in [-0.25, -0.2) is 0 Å². The minimum absolute atomic E-state index is 0.0257. The van der Waals surface area contributed by atoms with Gasteiger partial charge in [-0.15, -0.1) is 0 Å². The van der Waals surface area contributed by atoms with E-state index in [-0.39, 0.29) is 17.3 Å². The number of likely N-dealkylation sites (tertiary alicyclic amines) is 1. The highest BCUT2D eigenvalue weighted by molar-refractivity contribution is 5.64. The Hall–Kier alpha value is -2.85. The number of hydrogen-bond acceptors (Lipinski definition) is 6. The molecule has 0 bridgehead atoms. The monoisotopic (exact) mass is 326 g/mol. The third kappa shape index (κ3) is 3.39. The van der Waals surface area contributed by atoms with E-state index in [2.05, 4.69) is 10.2 Å². The molecule has 24 heavy (non-hydrogen) atoms. The van der Waals surface area contributed by atoms with E-state index < -0.39 is 4.92 Å².